The van der Waals surface area contributed by atoms with E-state index in [-0.39, 0.29) is 50.9 Å². The highest BCUT2D eigenvalue weighted by molar-refractivity contribution is 7.07. The van der Waals surface area contributed by atoms with Gasteiger partial charge in [-0.05, 0) is 49.2 Å². The van der Waals surface area contributed by atoms with E-state index in [1.807, 2.05) is 30.3 Å². The molecule has 0 saturated heterocycles. The maximum atomic E-state index is 13.9. The standard InChI is InChI=1S/C31H26FN3O7S/c1-4-41-30(37)27-18(2)33-31-34(28(27)20-10-12-22(32)13-11-20)29(36)26(43-31)15-21-14-24(40-3)25(16-23(21)35(38)39)42-17-19-8-6-5-7-9-19/h5-16,28H,4,17H2,1-3H3/b26-15-/t28-/m0/s1. The molecule has 2 heterocycles. The van der Waals surface area contributed by atoms with Gasteiger partial charge in [-0.2, -0.15) is 0 Å². The first-order chi connectivity index (χ1) is 20.7. The van der Waals surface area contributed by atoms with Crippen molar-refractivity contribution in [1.82, 2.24) is 4.57 Å². The van der Waals surface area contributed by atoms with Crippen LogP contribution in [-0.2, 0) is 16.1 Å². The monoisotopic (exact) mass is 603 g/mol. The molecule has 10 nitrogen and oxygen atoms in total. The van der Waals surface area contributed by atoms with Gasteiger partial charge < -0.3 is 14.2 Å². The number of thiazole rings is 1. The Balaban J connectivity index is 1.64. The quantitative estimate of drug-likeness (QED) is 0.158. The smallest absolute Gasteiger partial charge is 0.338 e. The van der Waals surface area contributed by atoms with Gasteiger partial charge in [0.05, 0.1) is 52.1 Å². The van der Waals surface area contributed by atoms with Crippen molar-refractivity contribution in [3.8, 4) is 11.5 Å². The van der Waals surface area contributed by atoms with E-state index in [0.29, 0.717) is 11.3 Å². The van der Waals surface area contributed by atoms with Crippen LogP contribution in [-0.4, -0.2) is 29.2 Å². The van der Waals surface area contributed by atoms with Crippen molar-refractivity contribution in [3.63, 3.8) is 0 Å². The lowest BCUT2D eigenvalue weighted by atomic mass is 9.96. The van der Waals surface area contributed by atoms with Gasteiger partial charge in [0.15, 0.2) is 16.3 Å². The largest absolute Gasteiger partial charge is 0.493 e. The zero-order valence-corrected chi connectivity index (χ0v) is 24.2. The van der Waals surface area contributed by atoms with Crippen LogP contribution in [0, 0.1) is 15.9 Å². The molecule has 220 valence electrons. The summed E-state index contributed by atoms with van der Waals surface area (Å²) in [6.07, 6.45) is 1.39. The minimum Gasteiger partial charge on any atom is -0.493 e. The van der Waals surface area contributed by atoms with Crippen molar-refractivity contribution >= 4 is 29.1 Å². The third-order valence-electron chi connectivity index (χ3n) is 6.74. The van der Waals surface area contributed by atoms with Crippen LogP contribution in [0.25, 0.3) is 6.08 Å². The van der Waals surface area contributed by atoms with Crippen molar-refractivity contribution in [2.75, 3.05) is 13.7 Å². The Morgan fingerprint density at radius 2 is 1.86 bits per heavy atom. The van der Waals surface area contributed by atoms with Gasteiger partial charge in [-0.15, -0.1) is 0 Å². The predicted molar refractivity (Wildman–Crippen MR) is 157 cm³/mol. The molecule has 0 aliphatic carbocycles. The molecule has 0 saturated carbocycles. The third kappa shape index (κ3) is 5.95. The maximum Gasteiger partial charge on any atom is 0.338 e. The number of nitrogens with zero attached hydrogens (tertiary/aromatic N) is 3. The number of aromatic nitrogens is 1. The minimum atomic E-state index is -0.948. The van der Waals surface area contributed by atoms with Crippen molar-refractivity contribution in [2.24, 2.45) is 4.99 Å². The summed E-state index contributed by atoms with van der Waals surface area (Å²) in [6, 6.07) is 16.5. The lowest BCUT2D eigenvalue weighted by molar-refractivity contribution is -0.385. The Morgan fingerprint density at radius 1 is 1.14 bits per heavy atom. The summed E-state index contributed by atoms with van der Waals surface area (Å²) in [5.41, 5.74) is 1.09. The van der Waals surface area contributed by atoms with Gasteiger partial charge in [0, 0.05) is 0 Å². The van der Waals surface area contributed by atoms with Gasteiger partial charge in [0.1, 0.15) is 12.4 Å². The molecular formula is C31H26FN3O7S. The zero-order valence-electron chi connectivity index (χ0n) is 23.4. The number of rotatable bonds is 9. The van der Waals surface area contributed by atoms with E-state index < -0.39 is 28.3 Å². The van der Waals surface area contributed by atoms with Crippen LogP contribution < -0.4 is 24.4 Å². The van der Waals surface area contributed by atoms with Crippen molar-refractivity contribution in [1.29, 1.82) is 0 Å². The van der Waals surface area contributed by atoms with E-state index in [2.05, 4.69) is 4.99 Å². The molecule has 0 fully saturated rings. The van der Waals surface area contributed by atoms with Crippen LogP contribution in [0.1, 0.15) is 36.6 Å². The number of ether oxygens (including phenoxy) is 3. The number of nitro groups is 1. The summed E-state index contributed by atoms with van der Waals surface area (Å²) in [5, 5.41) is 12.1. The number of esters is 1. The fourth-order valence-electron chi connectivity index (χ4n) is 4.74. The van der Waals surface area contributed by atoms with Crippen molar-refractivity contribution in [2.45, 2.75) is 26.5 Å². The number of halogens is 1. The highest BCUT2D eigenvalue weighted by Gasteiger charge is 2.33. The van der Waals surface area contributed by atoms with Crippen LogP contribution in [0.2, 0.25) is 0 Å². The minimum absolute atomic E-state index is 0.104. The first-order valence-electron chi connectivity index (χ1n) is 13.2. The fourth-order valence-corrected chi connectivity index (χ4v) is 5.78. The first kappa shape index (κ1) is 29.4. The van der Waals surface area contributed by atoms with Crippen molar-refractivity contribution in [3.05, 3.63) is 130 Å². The average molecular weight is 604 g/mol. The molecule has 43 heavy (non-hydrogen) atoms. The Hall–Kier alpha value is -5.10. The van der Waals surface area contributed by atoms with E-state index >= 15 is 0 Å². The second kappa shape index (κ2) is 12.4. The molecule has 4 aromatic rings. The number of carbonyl (C=O) groups excluding carboxylic acids is 1. The van der Waals surface area contributed by atoms with Gasteiger partial charge in [-0.1, -0.05) is 53.8 Å². The highest BCUT2D eigenvalue weighted by Crippen LogP contribution is 2.36. The van der Waals surface area contributed by atoms with Crippen LogP contribution in [0.5, 0.6) is 11.5 Å². The summed E-state index contributed by atoms with van der Waals surface area (Å²) in [5.74, 6) is -0.723. The molecule has 0 bridgehead atoms. The van der Waals surface area contributed by atoms with Crippen LogP contribution >= 0.6 is 11.3 Å². The number of benzene rings is 3. The highest BCUT2D eigenvalue weighted by atomic mass is 32.1. The van der Waals surface area contributed by atoms with E-state index in [4.69, 9.17) is 14.2 Å². The predicted octanol–water partition coefficient (Wildman–Crippen LogP) is 4.43. The number of hydrogen-bond acceptors (Lipinski definition) is 9. The van der Waals surface area contributed by atoms with Crippen LogP contribution in [0.4, 0.5) is 10.1 Å². The molecule has 0 spiro atoms. The van der Waals surface area contributed by atoms with Gasteiger partial charge in [0.2, 0.25) is 0 Å². The molecule has 1 atom stereocenters. The van der Waals surface area contributed by atoms with Gasteiger partial charge in [-0.3, -0.25) is 19.5 Å². The van der Waals surface area contributed by atoms with Crippen molar-refractivity contribution < 1.29 is 28.3 Å². The lowest BCUT2D eigenvalue weighted by Crippen LogP contribution is -2.39. The van der Waals surface area contributed by atoms with Gasteiger partial charge in [0.25, 0.3) is 11.2 Å². The summed E-state index contributed by atoms with van der Waals surface area (Å²) >= 11 is 1.01. The molecule has 0 radical (unpaired) electrons. The zero-order chi connectivity index (χ0) is 30.7. The fraction of sp³-hybridized carbons (Fsp3) is 0.194. The van der Waals surface area contributed by atoms with E-state index in [0.717, 1.165) is 16.9 Å². The Bertz CT molecular complexity index is 1920. The van der Waals surface area contributed by atoms with E-state index in [1.165, 1.54) is 54.2 Å². The average Bonchev–Trinajstić information content (AvgIpc) is 3.30. The Morgan fingerprint density at radius 3 is 2.51 bits per heavy atom. The summed E-state index contributed by atoms with van der Waals surface area (Å²) in [7, 11) is 1.41. The molecule has 12 heteroatoms. The molecule has 3 aromatic carbocycles. The second-order valence-electron chi connectivity index (χ2n) is 9.45. The van der Waals surface area contributed by atoms with E-state index in [1.54, 1.807) is 13.8 Å². The summed E-state index contributed by atoms with van der Waals surface area (Å²) < 4.78 is 31.8. The molecule has 1 aliphatic heterocycles. The second-order valence-corrected chi connectivity index (χ2v) is 10.5. The Labute approximate surface area is 248 Å². The Kier molecular flexibility index (Phi) is 8.48. The van der Waals surface area contributed by atoms with Crippen LogP contribution in [0.15, 0.2) is 87.8 Å². The SMILES string of the molecule is CCOC(=O)C1=C(C)N=c2s/c(=C\c3cc(OC)c(OCc4ccccc4)cc3[N+](=O)[O-])c(=O)n2[C@H]1c1ccc(F)cc1. The number of hydrogen-bond donors (Lipinski definition) is 0. The normalized spacial score (nSPS) is 14.6. The molecule has 0 N–H and O–H groups in total. The van der Waals surface area contributed by atoms with Crippen LogP contribution in [0.3, 0.4) is 0 Å². The molecule has 0 unspecified atom stereocenters. The molecule has 1 aromatic heterocycles. The summed E-state index contributed by atoms with van der Waals surface area (Å²) in [6.45, 7) is 3.56. The summed E-state index contributed by atoms with van der Waals surface area (Å²) in [4.78, 5) is 43.2. The lowest BCUT2D eigenvalue weighted by Gasteiger charge is -2.24. The number of allylic oxidation sites excluding steroid dienone is 1. The van der Waals surface area contributed by atoms with E-state index in [9.17, 15) is 24.1 Å². The topological polar surface area (TPSA) is 122 Å². The number of methoxy groups -OCH3 is 1. The maximum absolute atomic E-state index is 13.9. The number of nitro benzene ring substituents is 1. The molecule has 1 aliphatic rings. The number of fused-ring (bicyclic) bond motifs is 1. The van der Waals surface area contributed by atoms with Gasteiger partial charge in [-0.25, -0.2) is 14.2 Å². The molecule has 5 rings (SSSR count). The third-order valence-corrected chi connectivity index (χ3v) is 7.72. The first-order valence-corrected chi connectivity index (χ1v) is 14.0. The number of carbonyl (C=O) groups is 1. The molecular weight excluding hydrogens is 577 g/mol. The molecule has 0 amide bonds. The van der Waals surface area contributed by atoms with Gasteiger partial charge >= 0.3 is 5.97 Å².